The van der Waals surface area contributed by atoms with Gasteiger partial charge in [0.15, 0.2) is 15.2 Å². The van der Waals surface area contributed by atoms with Crippen LogP contribution in [0, 0.1) is 5.92 Å². The SMILES string of the molecule is C=CCC1C(=O)N2C(C(=O)SCC(NC(C)=O)C(=O)O)=C(CSc3nnnn3C)CS(=O)(=O)C12. The third-order valence-electron chi connectivity index (χ3n) is 5.10. The first-order valence-electron chi connectivity index (χ1n) is 9.87. The minimum Gasteiger partial charge on any atom is -0.480 e. The monoisotopic (exact) mass is 530 g/mol. The molecule has 1 fully saturated rings. The Bertz CT molecular complexity index is 1180. The van der Waals surface area contributed by atoms with Crippen LogP contribution in [0.4, 0.5) is 0 Å². The zero-order valence-corrected chi connectivity index (χ0v) is 20.7. The molecule has 1 saturated heterocycles. The van der Waals surface area contributed by atoms with Crippen LogP contribution in [0.3, 0.4) is 0 Å². The normalized spacial score (nSPS) is 21.9. The number of β-lactam (4-membered cyclic amide) rings is 1. The number of sulfone groups is 1. The number of carbonyl (C=O) groups is 4. The third kappa shape index (κ3) is 5.17. The third-order valence-corrected chi connectivity index (χ3v) is 9.18. The van der Waals surface area contributed by atoms with Crippen molar-refractivity contribution < 1.29 is 32.7 Å². The van der Waals surface area contributed by atoms with Crippen molar-refractivity contribution in [2.24, 2.45) is 13.0 Å². The maximum Gasteiger partial charge on any atom is 0.327 e. The number of carbonyl (C=O) groups excluding carboxylic acids is 3. The molecule has 34 heavy (non-hydrogen) atoms. The summed E-state index contributed by atoms with van der Waals surface area (Å²) in [6.45, 7) is 4.71. The average Bonchev–Trinajstić information content (AvgIpc) is 3.16. The molecule has 184 valence electrons. The lowest BCUT2D eigenvalue weighted by molar-refractivity contribution is -0.148. The van der Waals surface area contributed by atoms with Gasteiger partial charge in [-0.1, -0.05) is 29.6 Å². The van der Waals surface area contributed by atoms with Gasteiger partial charge in [-0.2, -0.15) is 0 Å². The molecule has 3 unspecified atom stereocenters. The fraction of sp³-hybridized carbons (Fsp3) is 0.500. The highest BCUT2D eigenvalue weighted by molar-refractivity contribution is 8.14. The Morgan fingerprint density at radius 3 is 2.65 bits per heavy atom. The predicted molar refractivity (Wildman–Crippen MR) is 122 cm³/mol. The van der Waals surface area contributed by atoms with Gasteiger partial charge < -0.3 is 10.4 Å². The molecule has 3 heterocycles. The summed E-state index contributed by atoms with van der Waals surface area (Å²) in [5, 5.41) is 21.1. The summed E-state index contributed by atoms with van der Waals surface area (Å²) in [5.74, 6) is -3.99. The molecular formula is C18H22N6O7S3. The van der Waals surface area contributed by atoms with Gasteiger partial charge in [-0.3, -0.25) is 19.3 Å². The molecule has 16 heteroatoms. The molecule has 3 atom stereocenters. The first-order chi connectivity index (χ1) is 16.0. The molecule has 2 amide bonds. The van der Waals surface area contributed by atoms with Crippen LogP contribution < -0.4 is 5.32 Å². The highest BCUT2D eigenvalue weighted by Gasteiger charge is 2.58. The quantitative estimate of drug-likeness (QED) is 0.218. The molecule has 2 aliphatic heterocycles. The van der Waals surface area contributed by atoms with E-state index in [1.807, 2.05) is 0 Å². The number of tetrazole rings is 1. The Morgan fingerprint density at radius 2 is 2.09 bits per heavy atom. The second-order valence-electron chi connectivity index (χ2n) is 7.55. The van der Waals surface area contributed by atoms with Crippen LogP contribution in [0.2, 0.25) is 0 Å². The summed E-state index contributed by atoms with van der Waals surface area (Å²) < 4.78 is 27.4. The molecule has 2 N–H and O–H groups in total. The molecule has 1 aromatic heterocycles. The number of aliphatic carboxylic acids is 1. The summed E-state index contributed by atoms with van der Waals surface area (Å²) >= 11 is 1.69. The molecule has 3 rings (SSSR count). The van der Waals surface area contributed by atoms with Crippen molar-refractivity contribution >= 4 is 56.3 Å². The van der Waals surface area contributed by atoms with Gasteiger partial charge in [-0.25, -0.2) is 17.9 Å². The largest absolute Gasteiger partial charge is 0.480 e. The molecule has 0 saturated carbocycles. The Labute approximate surface area is 203 Å². The van der Waals surface area contributed by atoms with Crippen LogP contribution in [0.25, 0.3) is 0 Å². The van der Waals surface area contributed by atoms with Crippen LogP contribution in [-0.2, 0) is 36.1 Å². The van der Waals surface area contributed by atoms with Gasteiger partial charge in [0.05, 0.1) is 11.7 Å². The lowest BCUT2D eigenvalue weighted by Crippen LogP contribution is -2.66. The molecule has 2 aliphatic rings. The molecule has 0 bridgehead atoms. The summed E-state index contributed by atoms with van der Waals surface area (Å²) in [6.07, 6.45) is 1.60. The van der Waals surface area contributed by atoms with E-state index in [-0.39, 0.29) is 29.2 Å². The predicted octanol–water partition coefficient (Wildman–Crippen LogP) is -0.806. The van der Waals surface area contributed by atoms with Crippen LogP contribution in [0.5, 0.6) is 0 Å². The molecule has 13 nitrogen and oxygen atoms in total. The highest BCUT2D eigenvalue weighted by atomic mass is 32.2. The van der Waals surface area contributed by atoms with E-state index in [1.54, 1.807) is 7.05 Å². The summed E-state index contributed by atoms with van der Waals surface area (Å²) in [5.41, 5.74) is 0.114. The van der Waals surface area contributed by atoms with Gasteiger partial charge >= 0.3 is 5.97 Å². The number of fused-ring (bicyclic) bond motifs is 1. The van der Waals surface area contributed by atoms with E-state index in [1.165, 1.54) is 10.8 Å². The fourth-order valence-corrected chi connectivity index (χ4v) is 7.70. The van der Waals surface area contributed by atoms with E-state index in [0.717, 1.165) is 23.6 Å². The van der Waals surface area contributed by atoms with Crippen LogP contribution >= 0.6 is 23.5 Å². The number of carboxylic acid groups (broad SMARTS) is 1. The van der Waals surface area contributed by atoms with Gasteiger partial charge in [-0.15, -0.1) is 11.7 Å². The number of nitrogens with zero attached hydrogens (tertiary/aromatic N) is 5. The van der Waals surface area contributed by atoms with Crippen molar-refractivity contribution in [1.82, 2.24) is 30.4 Å². The second kappa shape index (κ2) is 10.3. The maximum atomic E-state index is 13.2. The van der Waals surface area contributed by atoms with E-state index < -0.39 is 55.8 Å². The van der Waals surface area contributed by atoms with Crippen molar-refractivity contribution in [3.63, 3.8) is 0 Å². The molecular weight excluding hydrogens is 508 g/mol. The number of hydrogen-bond acceptors (Lipinski definition) is 11. The minimum absolute atomic E-state index is 0.0196. The number of aryl methyl sites for hydroxylation is 1. The van der Waals surface area contributed by atoms with E-state index in [9.17, 15) is 32.7 Å². The molecule has 0 aromatic carbocycles. The number of allylic oxidation sites excluding steroid dienone is 1. The van der Waals surface area contributed by atoms with Crippen molar-refractivity contribution in [3.05, 3.63) is 23.9 Å². The number of carboxylic acids is 1. The first-order valence-corrected chi connectivity index (χ1v) is 13.6. The van der Waals surface area contributed by atoms with Gasteiger partial charge in [0.1, 0.15) is 11.7 Å². The Morgan fingerprint density at radius 1 is 1.38 bits per heavy atom. The van der Waals surface area contributed by atoms with Gasteiger partial charge in [0, 0.05) is 25.5 Å². The number of hydrogen-bond donors (Lipinski definition) is 2. The summed E-state index contributed by atoms with van der Waals surface area (Å²) in [4.78, 5) is 49.7. The Kier molecular flexibility index (Phi) is 7.82. The van der Waals surface area contributed by atoms with Gasteiger partial charge in [0.25, 0.3) is 0 Å². The zero-order chi connectivity index (χ0) is 25.2. The number of aromatic nitrogens is 4. The van der Waals surface area contributed by atoms with Crippen molar-refractivity contribution in [2.45, 2.75) is 29.9 Å². The lowest BCUT2D eigenvalue weighted by atomic mass is 9.93. The summed E-state index contributed by atoms with van der Waals surface area (Å²) in [7, 11) is -2.19. The zero-order valence-electron chi connectivity index (χ0n) is 18.2. The molecule has 0 radical (unpaired) electrons. The minimum atomic E-state index is -3.79. The molecule has 1 aromatic rings. The molecule has 0 aliphatic carbocycles. The van der Waals surface area contributed by atoms with Crippen LogP contribution in [0.15, 0.2) is 29.1 Å². The number of nitrogens with one attached hydrogen (secondary N) is 1. The second-order valence-corrected chi connectivity index (χ2v) is 11.6. The maximum absolute atomic E-state index is 13.2. The summed E-state index contributed by atoms with van der Waals surface area (Å²) in [6, 6.07) is -1.33. The van der Waals surface area contributed by atoms with Crippen molar-refractivity contribution in [1.29, 1.82) is 0 Å². The van der Waals surface area contributed by atoms with Crippen LogP contribution in [0.1, 0.15) is 13.3 Å². The van der Waals surface area contributed by atoms with E-state index in [2.05, 4.69) is 27.4 Å². The van der Waals surface area contributed by atoms with Crippen LogP contribution in [-0.4, -0.2) is 90.2 Å². The fourth-order valence-electron chi connectivity index (χ4n) is 3.63. The smallest absolute Gasteiger partial charge is 0.327 e. The number of amides is 2. The molecule has 0 spiro atoms. The Balaban J connectivity index is 1.93. The van der Waals surface area contributed by atoms with E-state index >= 15 is 0 Å². The standard InChI is InChI=1S/C18H22N6O7S3/c1-4-5-11-14(26)24-13(17(29)32-7-12(16(27)28)19-9(2)25)10(8-34(30,31)15(11)24)6-33-18-20-21-22-23(18)3/h4,11-12,15H,1,5-8H2,2-3H3,(H,19,25)(H,27,28). The topological polar surface area (TPSA) is 182 Å². The lowest BCUT2D eigenvalue weighted by Gasteiger charge is -2.49. The highest BCUT2D eigenvalue weighted by Crippen LogP contribution is 2.44. The van der Waals surface area contributed by atoms with Gasteiger partial charge in [-0.05, 0) is 22.4 Å². The number of rotatable bonds is 10. The van der Waals surface area contributed by atoms with Crippen molar-refractivity contribution in [2.75, 3.05) is 17.3 Å². The van der Waals surface area contributed by atoms with Crippen molar-refractivity contribution in [3.8, 4) is 0 Å². The van der Waals surface area contributed by atoms with Gasteiger partial charge in [0.2, 0.25) is 22.1 Å². The average molecular weight is 531 g/mol. The van der Waals surface area contributed by atoms with E-state index in [4.69, 9.17) is 0 Å². The number of thioether (sulfide) groups is 2. The van der Waals surface area contributed by atoms with E-state index in [0.29, 0.717) is 16.9 Å². The Hall–Kier alpha value is -2.72. The first kappa shape index (κ1) is 25.9.